The fourth-order valence-electron chi connectivity index (χ4n) is 2.31. The molecule has 22 heavy (non-hydrogen) atoms. The SMILES string of the molecule is CCCCc1ccc(NC(=O)Cn2c(C)cccc2=O)cc1. The summed E-state index contributed by atoms with van der Waals surface area (Å²) in [6.45, 7) is 4.02. The van der Waals surface area contributed by atoms with Crippen molar-refractivity contribution in [3.63, 3.8) is 0 Å². The van der Waals surface area contributed by atoms with Crippen LogP contribution in [-0.2, 0) is 17.8 Å². The van der Waals surface area contributed by atoms with Crippen molar-refractivity contribution in [3.8, 4) is 0 Å². The summed E-state index contributed by atoms with van der Waals surface area (Å²) in [5.74, 6) is -0.197. The summed E-state index contributed by atoms with van der Waals surface area (Å²) in [4.78, 5) is 23.8. The first-order chi connectivity index (χ1) is 10.6. The topological polar surface area (TPSA) is 51.1 Å². The van der Waals surface area contributed by atoms with E-state index in [0.717, 1.165) is 17.8 Å². The average Bonchev–Trinajstić information content (AvgIpc) is 2.50. The fraction of sp³-hybridized carbons (Fsp3) is 0.333. The number of pyridine rings is 1. The largest absolute Gasteiger partial charge is 0.325 e. The van der Waals surface area contributed by atoms with Crippen LogP contribution in [0.3, 0.4) is 0 Å². The van der Waals surface area contributed by atoms with Crippen molar-refractivity contribution in [1.82, 2.24) is 4.57 Å². The molecule has 4 nitrogen and oxygen atoms in total. The number of nitrogens with one attached hydrogen (secondary N) is 1. The summed E-state index contributed by atoms with van der Waals surface area (Å²) in [5.41, 5.74) is 2.64. The minimum absolute atomic E-state index is 0.0308. The number of benzene rings is 1. The van der Waals surface area contributed by atoms with E-state index < -0.39 is 0 Å². The highest BCUT2D eigenvalue weighted by molar-refractivity contribution is 5.90. The molecule has 0 atom stereocenters. The Morgan fingerprint density at radius 3 is 2.50 bits per heavy atom. The molecule has 0 aliphatic carbocycles. The van der Waals surface area contributed by atoms with Gasteiger partial charge in [0.05, 0.1) is 0 Å². The van der Waals surface area contributed by atoms with E-state index >= 15 is 0 Å². The van der Waals surface area contributed by atoms with Crippen LogP contribution in [0.5, 0.6) is 0 Å². The first kappa shape index (κ1) is 16.0. The van der Waals surface area contributed by atoms with Crippen molar-refractivity contribution >= 4 is 11.6 Å². The van der Waals surface area contributed by atoms with Crippen molar-refractivity contribution in [3.05, 3.63) is 64.1 Å². The second-order valence-electron chi connectivity index (χ2n) is 5.44. The molecule has 1 aromatic carbocycles. The molecule has 1 aromatic heterocycles. The minimum Gasteiger partial charge on any atom is -0.325 e. The maximum Gasteiger partial charge on any atom is 0.251 e. The molecular weight excluding hydrogens is 276 g/mol. The number of anilines is 1. The van der Waals surface area contributed by atoms with Crippen LogP contribution in [0.15, 0.2) is 47.3 Å². The van der Waals surface area contributed by atoms with Gasteiger partial charge in [-0.2, -0.15) is 0 Å². The van der Waals surface area contributed by atoms with Gasteiger partial charge in [0.15, 0.2) is 0 Å². The predicted octanol–water partition coefficient (Wildman–Crippen LogP) is 3.14. The van der Waals surface area contributed by atoms with E-state index in [-0.39, 0.29) is 18.0 Å². The summed E-state index contributed by atoms with van der Waals surface area (Å²) in [5, 5.41) is 2.83. The van der Waals surface area contributed by atoms with Gasteiger partial charge >= 0.3 is 0 Å². The van der Waals surface area contributed by atoms with Crippen molar-refractivity contribution < 1.29 is 4.79 Å². The van der Waals surface area contributed by atoms with Crippen LogP contribution < -0.4 is 10.9 Å². The number of hydrogen-bond donors (Lipinski definition) is 1. The van der Waals surface area contributed by atoms with E-state index in [2.05, 4.69) is 12.2 Å². The Hall–Kier alpha value is -2.36. The van der Waals surface area contributed by atoms with Gasteiger partial charge in [-0.3, -0.25) is 9.59 Å². The number of unbranched alkanes of at least 4 members (excludes halogenated alkanes) is 1. The van der Waals surface area contributed by atoms with Crippen molar-refractivity contribution in [1.29, 1.82) is 0 Å². The number of aryl methyl sites for hydroxylation is 2. The monoisotopic (exact) mass is 298 g/mol. The number of carbonyl (C=O) groups excluding carboxylic acids is 1. The van der Waals surface area contributed by atoms with Gasteiger partial charge in [0, 0.05) is 17.4 Å². The van der Waals surface area contributed by atoms with E-state index in [1.165, 1.54) is 29.0 Å². The maximum absolute atomic E-state index is 12.1. The molecule has 4 heteroatoms. The Labute approximate surface area is 130 Å². The molecule has 0 unspecified atom stereocenters. The Bertz CT molecular complexity index is 687. The van der Waals surface area contributed by atoms with E-state index in [1.807, 2.05) is 37.3 Å². The van der Waals surface area contributed by atoms with Gasteiger partial charge in [0.25, 0.3) is 5.56 Å². The average molecular weight is 298 g/mol. The molecular formula is C18H22N2O2. The molecule has 2 aromatic rings. The normalized spacial score (nSPS) is 10.5. The zero-order chi connectivity index (χ0) is 15.9. The third-order valence-electron chi connectivity index (χ3n) is 3.63. The van der Waals surface area contributed by atoms with Gasteiger partial charge in [-0.05, 0) is 43.5 Å². The molecule has 0 saturated carbocycles. The minimum atomic E-state index is -0.197. The van der Waals surface area contributed by atoms with E-state index in [0.29, 0.717) is 0 Å². The lowest BCUT2D eigenvalue weighted by Gasteiger charge is -2.10. The first-order valence-corrected chi connectivity index (χ1v) is 7.65. The number of amides is 1. The van der Waals surface area contributed by atoms with Crippen molar-refractivity contribution in [2.75, 3.05) is 5.32 Å². The van der Waals surface area contributed by atoms with Gasteiger partial charge in [-0.1, -0.05) is 31.5 Å². The van der Waals surface area contributed by atoms with E-state index in [1.54, 1.807) is 6.07 Å². The highest BCUT2D eigenvalue weighted by Gasteiger charge is 2.07. The smallest absolute Gasteiger partial charge is 0.251 e. The van der Waals surface area contributed by atoms with Gasteiger partial charge in [0.1, 0.15) is 6.54 Å². The molecule has 0 saturated heterocycles. The number of rotatable bonds is 6. The van der Waals surface area contributed by atoms with Crippen molar-refractivity contribution in [2.24, 2.45) is 0 Å². The third-order valence-corrected chi connectivity index (χ3v) is 3.63. The molecule has 0 spiro atoms. The molecule has 1 amide bonds. The van der Waals surface area contributed by atoms with Crippen LogP contribution in [0.2, 0.25) is 0 Å². The second kappa shape index (κ2) is 7.59. The predicted molar refractivity (Wildman–Crippen MR) is 89.1 cm³/mol. The van der Waals surface area contributed by atoms with Crippen LogP contribution >= 0.6 is 0 Å². The number of carbonyl (C=O) groups is 1. The molecule has 1 heterocycles. The Morgan fingerprint density at radius 2 is 1.86 bits per heavy atom. The van der Waals surface area contributed by atoms with E-state index in [4.69, 9.17) is 0 Å². The van der Waals surface area contributed by atoms with Crippen LogP contribution in [0.4, 0.5) is 5.69 Å². The molecule has 2 rings (SSSR count). The van der Waals surface area contributed by atoms with Crippen LogP contribution in [0.25, 0.3) is 0 Å². The van der Waals surface area contributed by atoms with Gasteiger partial charge in [0.2, 0.25) is 5.91 Å². The number of hydrogen-bond acceptors (Lipinski definition) is 2. The molecule has 116 valence electrons. The lowest BCUT2D eigenvalue weighted by molar-refractivity contribution is -0.116. The molecule has 0 aliphatic rings. The fourth-order valence-corrected chi connectivity index (χ4v) is 2.31. The molecule has 0 radical (unpaired) electrons. The molecule has 1 N–H and O–H groups in total. The highest BCUT2D eigenvalue weighted by atomic mass is 16.2. The maximum atomic E-state index is 12.1. The van der Waals surface area contributed by atoms with Crippen LogP contribution in [0, 0.1) is 6.92 Å². The van der Waals surface area contributed by atoms with Crippen LogP contribution in [-0.4, -0.2) is 10.5 Å². The summed E-state index contributed by atoms with van der Waals surface area (Å²) < 4.78 is 1.46. The third kappa shape index (κ3) is 4.32. The van der Waals surface area contributed by atoms with Crippen LogP contribution in [0.1, 0.15) is 31.0 Å². The number of aromatic nitrogens is 1. The Morgan fingerprint density at radius 1 is 1.14 bits per heavy atom. The molecule has 0 fully saturated rings. The summed E-state index contributed by atoms with van der Waals surface area (Å²) in [6.07, 6.45) is 3.40. The second-order valence-corrected chi connectivity index (χ2v) is 5.44. The van der Waals surface area contributed by atoms with Gasteiger partial charge < -0.3 is 9.88 Å². The standard InChI is InChI=1S/C18H22N2O2/c1-3-4-7-15-9-11-16(12-10-15)19-17(21)13-20-14(2)6-5-8-18(20)22/h5-6,8-12H,3-4,7,13H2,1-2H3,(H,19,21). The van der Waals surface area contributed by atoms with Gasteiger partial charge in [-0.15, -0.1) is 0 Å². The lowest BCUT2D eigenvalue weighted by Crippen LogP contribution is -2.28. The summed E-state index contributed by atoms with van der Waals surface area (Å²) >= 11 is 0. The quantitative estimate of drug-likeness (QED) is 0.890. The van der Waals surface area contributed by atoms with E-state index in [9.17, 15) is 9.59 Å². The Balaban J connectivity index is 1.99. The van der Waals surface area contributed by atoms with Gasteiger partial charge in [-0.25, -0.2) is 0 Å². The molecule has 0 aliphatic heterocycles. The summed E-state index contributed by atoms with van der Waals surface area (Å²) in [6, 6.07) is 12.9. The van der Waals surface area contributed by atoms with Crippen molar-refractivity contribution in [2.45, 2.75) is 39.7 Å². The zero-order valence-electron chi connectivity index (χ0n) is 13.1. The highest BCUT2D eigenvalue weighted by Crippen LogP contribution is 2.12. The summed E-state index contributed by atoms with van der Waals surface area (Å²) in [7, 11) is 0. The first-order valence-electron chi connectivity index (χ1n) is 7.65. The number of nitrogens with zero attached hydrogens (tertiary/aromatic N) is 1. The molecule has 0 bridgehead atoms. The lowest BCUT2D eigenvalue weighted by atomic mass is 10.1. The zero-order valence-corrected chi connectivity index (χ0v) is 13.1. The Kier molecular flexibility index (Phi) is 5.53.